The van der Waals surface area contributed by atoms with Crippen LogP contribution in [0.25, 0.3) is 11.0 Å². The number of hydrogen-bond acceptors (Lipinski definition) is 4. The highest BCUT2D eigenvalue weighted by atomic mass is 16.3. The van der Waals surface area contributed by atoms with E-state index < -0.39 is 6.03 Å². The summed E-state index contributed by atoms with van der Waals surface area (Å²) in [5.41, 5.74) is 1.39. The molecule has 0 atom stereocenters. The Labute approximate surface area is 123 Å². The number of phenolic OH excluding ortho intramolecular Hbond substituents is 2. The molecule has 8 heteroatoms. The summed E-state index contributed by atoms with van der Waals surface area (Å²) in [5, 5.41) is 23.9. The molecule has 0 saturated carbocycles. The lowest BCUT2D eigenvalue weighted by atomic mass is 10.2. The van der Waals surface area contributed by atoms with Crippen molar-refractivity contribution >= 4 is 28.4 Å². The van der Waals surface area contributed by atoms with E-state index in [1.54, 1.807) is 18.2 Å². The zero-order valence-electron chi connectivity index (χ0n) is 11.2. The number of imidazole rings is 1. The minimum absolute atomic E-state index is 0.0774. The summed E-state index contributed by atoms with van der Waals surface area (Å²) < 4.78 is 0. The SMILES string of the molecule is O=C(Nc1ccc2[nH]c(=O)[nH]c2c1)Nc1cc(O)ccc1O. The molecule has 1 heterocycles. The van der Waals surface area contributed by atoms with Crippen LogP contribution in [-0.4, -0.2) is 26.2 Å². The number of aromatic nitrogens is 2. The van der Waals surface area contributed by atoms with Crippen molar-refractivity contribution in [3.05, 3.63) is 46.9 Å². The third-order valence-corrected chi connectivity index (χ3v) is 3.00. The number of phenols is 2. The molecule has 0 aliphatic carbocycles. The average molecular weight is 300 g/mol. The average Bonchev–Trinajstić information content (AvgIpc) is 2.82. The lowest BCUT2D eigenvalue weighted by Gasteiger charge is -2.09. The van der Waals surface area contributed by atoms with E-state index >= 15 is 0 Å². The van der Waals surface area contributed by atoms with E-state index in [0.717, 1.165) is 0 Å². The molecule has 0 aliphatic rings. The zero-order chi connectivity index (χ0) is 15.7. The second-order valence-electron chi connectivity index (χ2n) is 4.62. The van der Waals surface area contributed by atoms with Crippen LogP contribution in [0.5, 0.6) is 11.5 Å². The predicted molar refractivity (Wildman–Crippen MR) is 81.3 cm³/mol. The van der Waals surface area contributed by atoms with Gasteiger partial charge < -0.3 is 30.8 Å². The number of benzene rings is 2. The highest BCUT2D eigenvalue weighted by Gasteiger charge is 2.08. The first-order valence-corrected chi connectivity index (χ1v) is 6.33. The molecule has 0 saturated heterocycles. The van der Waals surface area contributed by atoms with Crippen LogP contribution in [0, 0.1) is 0 Å². The number of aromatic amines is 2. The van der Waals surface area contributed by atoms with Crippen LogP contribution < -0.4 is 16.3 Å². The normalized spacial score (nSPS) is 10.5. The van der Waals surface area contributed by atoms with Gasteiger partial charge in [0.2, 0.25) is 0 Å². The Hall–Kier alpha value is -3.42. The van der Waals surface area contributed by atoms with Gasteiger partial charge >= 0.3 is 11.7 Å². The number of hydrogen-bond donors (Lipinski definition) is 6. The van der Waals surface area contributed by atoms with Crippen LogP contribution in [0.4, 0.5) is 16.2 Å². The summed E-state index contributed by atoms with van der Waals surface area (Å²) in [7, 11) is 0. The van der Waals surface area contributed by atoms with Gasteiger partial charge in [-0.3, -0.25) is 0 Å². The number of carbonyl (C=O) groups excluding carboxylic acids is 1. The third-order valence-electron chi connectivity index (χ3n) is 3.00. The Kier molecular flexibility index (Phi) is 3.18. The maximum Gasteiger partial charge on any atom is 0.323 e. The highest BCUT2D eigenvalue weighted by Crippen LogP contribution is 2.27. The van der Waals surface area contributed by atoms with Gasteiger partial charge in [-0.2, -0.15) is 0 Å². The van der Waals surface area contributed by atoms with Crippen LogP contribution in [-0.2, 0) is 0 Å². The summed E-state index contributed by atoms with van der Waals surface area (Å²) in [5.74, 6) is -0.252. The number of anilines is 2. The smallest absolute Gasteiger partial charge is 0.323 e. The Morgan fingerprint density at radius 2 is 1.73 bits per heavy atom. The van der Waals surface area contributed by atoms with Crippen molar-refractivity contribution in [3.63, 3.8) is 0 Å². The van der Waals surface area contributed by atoms with Gasteiger partial charge in [0, 0.05) is 11.8 Å². The molecule has 0 aliphatic heterocycles. The van der Waals surface area contributed by atoms with Gasteiger partial charge in [0.05, 0.1) is 16.7 Å². The number of H-pyrrole nitrogens is 2. The van der Waals surface area contributed by atoms with Crippen molar-refractivity contribution in [2.75, 3.05) is 10.6 Å². The molecule has 0 bridgehead atoms. The predicted octanol–water partition coefficient (Wildman–Crippen LogP) is 1.91. The number of amides is 2. The quantitative estimate of drug-likeness (QED) is 0.319. The molecule has 3 aromatic rings. The van der Waals surface area contributed by atoms with E-state index in [-0.39, 0.29) is 22.9 Å². The van der Waals surface area contributed by atoms with Crippen molar-refractivity contribution in [2.24, 2.45) is 0 Å². The molecule has 0 fully saturated rings. The second-order valence-corrected chi connectivity index (χ2v) is 4.62. The highest BCUT2D eigenvalue weighted by molar-refractivity contribution is 6.01. The summed E-state index contributed by atoms with van der Waals surface area (Å²) in [6.07, 6.45) is 0. The Morgan fingerprint density at radius 1 is 0.955 bits per heavy atom. The number of aromatic hydroxyl groups is 2. The maximum absolute atomic E-state index is 11.9. The zero-order valence-corrected chi connectivity index (χ0v) is 11.2. The molecule has 3 rings (SSSR count). The largest absolute Gasteiger partial charge is 0.508 e. The van der Waals surface area contributed by atoms with Crippen LogP contribution >= 0.6 is 0 Å². The lowest BCUT2D eigenvalue weighted by molar-refractivity contribution is 0.262. The number of nitrogens with one attached hydrogen (secondary N) is 4. The molecule has 0 radical (unpaired) electrons. The summed E-state index contributed by atoms with van der Waals surface area (Å²) >= 11 is 0. The molecule has 0 unspecified atom stereocenters. The topological polar surface area (TPSA) is 130 Å². The summed E-state index contributed by atoms with van der Waals surface area (Å²) in [4.78, 5) is 28.2. The lowest BCUT2D eigenvalue weighted by Crippen LogP contribution is -2.19. The van der Waals surface area contributed by atoms with E-state index in [1.807, 2.05) is 0 Å². The maximum atomic E-state index is 11.9. The van der Waals surface area contributed by atoms with E-state index in [4.69, 9.17) is 0 Å². The molecule has 1 aromatic heterocycles. The minimum atomic E-state index is -0.599. The van der Waals surface area contributed by atoms with E-state index in [2.05, 4.69) is 20.6 Å². The molecule has 2 amide bonds. The van der Waals surface area contributed by atoms with Gasteiger partial charge in [0.25, 0.3) is 0 Å². The van der Waals surface area contributed by atoms with Crippen molar-refractivity contribution in [3.8, 4) is 11.5 Å². The third kappa shape index (κ3) is 2.70. The second kappa shape index (κ2) is 5.17. The monoisotopic (exact) mass is 300 g/mol. The van der Waals surface area contributed by atoms with Gasteiger partial charge in [-0.05, 0) is 30.3 Å². The van der Waals surface area contributed by atoms with Crippen LogP contribution in [0.1, 0.15) is 0 Å². The molecular formula is C14H12N4O4. The van der Waals surface area contributed by atoms with Gasteiger partial charge in [-0.25, -0.2) is 9.59 Å². The number of rotatable bonds is 2. The Balaban J connectivity index is 1.77. The van der Waals surface area contributed by atoms with E-state index in [0.29, 0.717) is 16.7 Å². The molecule has 6 N–H and O–H groups in total. The standard InChI is InChI=1S/C14H12N4O4/c19-8-2-4-12(20)11(6-8)18-13(21)15-7-1-3-9-10(5-7)17-14(22)16-9/h1-6,19-20H,(H2,15,18,21)(H2,16,17,22). The van der Waals surface area contributed by atoms with Crippen LogP contribution in [0.3, 0.4) is 0 Å². The van der Waals surface area contributed by atoms with Crippen LogP contribution in [0.2, 0.25) is 0 Å². The molecular weight excluding hydrogens is 288 g/mol. The van der Waals surface area contributed by atoms with Crippen molar-refractivity contribution in [1.29, 1.82) is 0 Å². The fourth-order valence-corrected chi connectivity index (χ4v) is 2.02. The number of urea groups is 1. The fourth-order valence-electron chi connectivity index (χ4n) is 2.02. The van der Waals surface area contributed by atoms with Gasteiger partial charge in [0.15, 0.2) is 0 Å². The van der Waals surface area contributed by atoms with Crippen molar-refractivity contribution in [1.82, 2.24) is 9.97 Å². The van der Waals surface area contributed by atoms with Crippen molar-refractivity contribution < 1.29 is 15.0 Å². The summed E-state index contributed by atoms with van der Waals surface area (Å²) in [6.45, 7) is 0. The molecule has 0 spiro atoms. The van der Waals surface area contributed by atoms with Gasteiger partial charge in [-0.15, -0.1) is 0 Å². The van der Waals surface area contributed by atoms with E-state index in [9.17, 15) is 19.8 Å². The first-order valence-electron chi connectivity index (χ1n) is 6.33. The molecule has 22 heavy (non-hydrogen) atoms. The summed E-state index contributed by atoms with van der Waals surface area (Å²) in [6, 6.07) is 8.05. The number of carbonyl (C=O) groups is 1. The number of fused-ring (bicyclic) bond motifs is 1. The first kappa shape index (κ1) is 13.6. The fraction of sp³-hybridized carbons (Fsp3) is 0. The van der Waals surface area contributed by atoms with Gasteiger partial charge in [-0.1, -0.05) is 0 Å². The molecule has 2 aromatic carbocycles. The van der Waals surface area contributed by atoms with Gasteiger partial charge in [0.1, 0.15) is 11.5 Å². The molecule has 112 valence electrons. The first-order chi connectivity index (χ1) is 10.5. The van der Waals surface area contributed by atoms with Crippen molar-refractivity contribution in [2.45, 2.75) is 0 Å². The molecule has 8 nitrogen and oxygen atoms in total. The minimum Gasteiger partial charge on any atom is -0.508 e. The van der Waals surface area contributed by atoms with E-state index in [1.165, 1.54) is 18.2 Å². The Morgan fingerprint density at radius 3 is 2.55 bits per heavy atom. The van der Waals surface area contributed by atoms with Crippen LogP contribution in [0.15, 0.2) is 41.2 Å². The Bertz CT molecular complexity index is 913.